The molecule has 0 unspecified atom stereocenters. The van der Waals surface area contributed by atoms with Crippen molar-refractivity contribution in [1.29, 1.82) is 0 Å². The van der Waals surface area contributed by atoms with E-state index in [9.17, 15) is 4.79 Å². The first-order valence-corrected chi connectivity index (χ1v) is 9.52. The summed E-state index contributed by atoms with van der Waals surface area (Å²) in [5.74, 6) is 0. The number of rotatable bonds is 8. The first kappa shape index (κ1) is 18.4. The second-order valence-electron chi connectivity index (χ2n) is 6.02. The van der Waals surface area contributed by atoms with Gasteiger partial charge in [-0.25, -0.2) is 9.78 Å². The van der Waals surface area contributed by atoms with Crippen molar-refractivity contribution in [2.75, 3.05) is 25.6 Å². The fourth-order valence-corrected chi connectivity index (χ4v) is 3.56. The number of anilines is 1. The maximum Gasteiger partial charge on any atom is 0.323 e. The van der Waals surface area contributed by atoms with Crippen LogP contribution in [0.25, 0.3) is 10.2 Å². The van der Waals surface area contributed by atoms with E-state index in [1.54, 1.807) is 7.11 Å². The van der Waals surface area contributed by atoms with Gasteiger partial charge in [0.05, 0.1) is 10.2 Å². The van der Waals surface area contributed by atoms with Crippen molar-refractivity contribution in [2.45, 2.75) is 19.4 Å². The van der Waals surface area contributed by atoms with Crippen LogP contribution in [0.4, 0.5) is 9.93 Å². The van der Waals surface area contributed by atoms with Crippen LogP contribution in [0.3, 0.4) is 0 Å². The number of carbonyl (C=O) groups excluding carboxylic acids is 1. The molecule has 26 heavy (non-hydrogen) atoms. The SMILES string of the molecule is COCCCCN(Cc1ccccc1)C(=O)Nc1nc2ccccc2s1. The quantitative estimate of drug-likeness (QED) is 0.583. The number of unbranched alkanes of at least 4 members (excludes halogenated alkanes) is 1. The van der Waals surface area contributed by atoms with Crippen LogP contribution in [0.2, 0.25) is 0 Å². The molecule has 0 radical (unpaired) electrons. The molecule has 0 bridgehead atoms. The van der Waals surface area contributed by atoms with Crippen LogP contribution in [0.15, 0.2) is 54.6 Å². The summed E-state index contributed by atoms with van der Waals surface area (Å²) in [7, 11) is 1.70. The Kier molecular flexibility index (Phi) is 6.57. The number of nitrogens with one attached hydrogen (secondary N) is 1. The first-order chi connectivity index (χ1) is 12.8. The molecule has 3 rings (SSSR count). The van der Waals surface area contributed by atoms with E-state index in [2.05, 4.69) is 10.3 Å². The number of para-hydroxylation sites is 1. The van der Waals surface area contributed by atoms with Crippen molar-refractivity contribution in [1.82, 2.24) is 9.88 Å². The standard InChI is InChI=1S/C20H23N3O2S/c1-25-14-8-7-13-23(15-16-9-3-2-4-10-16)20(24)22-19-21-17-11-5-6-12-18(17)26-19/h2-6,9-12H,7-8,13-15H2,1H3,(H,21,22,24). The van der Waals surface area contributed by atoms with E-state index in [1.807, 2.05) is 59.5 Å². The molecule has 136 valence electrons. The Morgan fingerprint density at radius 1 is 1.12 bits per heavy atom. The smallest absolute Gasteiger partial charge is 0.323 e. The summed E-state index contributed by atoms with van der Waals surface area (Å²) in [6.07, 6.45) is 1.82. The third-order valence-corrected chi connectivity index (χ3v) is 4.99. The number of methoxy groups -OCH3 is 1. The molecule has 6 heteroatoms. The summed E-state index contributed by atoms with van der Waals surface area (Å²) in [6.45, 7) is 1.96. The molecule has 0 spiro atoms. The second kappa shape index (κ2) is 9.31. The van der Waals surface area contributed by atoms with Crippen LogP contribution in [-0.4, -0.2) is 36.2 Å². The van der Waals surface area contributed by atoms with Crippen LogP contribution in [0.5, 0.6) is 0 Å². The fourth-order valence-electron chi connectivity index (χ4n) is 2.70. The van der Waals surface area contributed by atoms with Gasteiger partial charge in [-0.2, -0.15) is 0 Å². The van der Waals surface area contributed by atoms with Crippen molar-refractivity contribution in [3.63, 3.8) is 0 Å². The number of amides is 2. The monoisotopic (exact) mass is 369 g/mol. The number of nitrogens with zero attached hydrogens (tertiary/aromatic N) is 2. The highest BCUT2D eigenvalue weighted by Crippen LogP contribution is 2.25. The van der Waals surface area contributed by atoms with Crippen LogP contribution >= 0.6 is 11.3 Å². The van der Waals surface area contributed by atoms with Gasteiger partial charge in [-0.15, -0.1) is 0 Å². The lowest BCUT2D eigenvalue weighted by Gasteiger charge is -2.22. The number of hydrogen-bond donors (Lipinski definition) is 1. The Hall–Kier alpha value is -2.44. The van der Waals surface area contributed by atoms with Gasteiger partial charge in [0.15, 0.2) is 5.13 Å². The average Bonchev–Trinajstić information content (AvgIpc) is 3.07. The van der Waals surface area contributed by atoms with Gasteiger partial charge in [0.1, 0.15) is 0 Å². The van der Waals surface area contributed by atoms with Crippen LogP contribution in [0.1, 0.15) is 18.4 Å². The molecule has 2 aromatic carbocycles. The van der Waals surface area contributed by atoms with Gasteiger partial charge < -0.3 is 9.64 Å². The molecule has 1 heterocycles. The van der Waals surface area contributed by atoms with Gasteiger partial charge in [0.25, 0.3) is 0 Å². The van der Waals surface area contributed by atoms with E-state index >= 15 is 0 Å². The lowest BCUT2D eigenvalue weighted by Crippen LogP contribution is -2.35. The van der Waals surface area contributed by atoms with Crippen molar-refractivity contribution < 1.29 is 9.53 Å². The highest BCUT2D eigenvalue weighted by Gasteiger charge is 2.16. The van der Waals surface area contributed by atoms with Crippen molar-refractivity contribution >= 4 is 32.7 Å². The maximum atomic E-state index is 12.8. The van der Waals surface area contributed by atoms with Crippen LogP contribution < -0.4 is 5.32 Å². The minimum atomic E-state index is -0.120. The third-order valence-electron chi connectivity index (χ3n) is 4.04. The number of thiazole rings is 1. The van der Waals surface area contributed by atoms with Gasteiger partial charge in [-0.3, -0.25) is 5.32 Å². The Bertz CT molecular complexity index is 802. The number of fused-ring (bicyclic) bond motifs is 1. The molecule has 0 saturated heterocycles. The van der Waals surface area contributed by atoms with E-state index < -0.39 is 0 Å². The molecule has 0 fully saturated rings. The number of benzene rings is 2. The Morgan fingerprint density at radius 3 is 2.65 bits per heavy atom. The van der Waals surface area contributed by atoms with Crippen LogP contribution in [0, 0.1) is 0 Å². The van der Waals surface area contributed by atoms with E-state index in [0.29, 0.717) is 24.8 Å². The Labute approximate surface area is 157 Å². The van der Waals surface area contributed by atoms with Gasteiger partial charge >= 0.3 is 6.03 Å². The average molecular weight is 369 g/mol. The minimum absolute atomic E-state index is 0.120. The van der Waals surface area contributed by atoms with Crippen molar-refractivity contribution in [2.24, 2.45) is 0 Å². The lowest BCUT2D eigenvalue weighted by molar-refractivity contribution is 0.182. The van der Waals surface area contributed by atoms with Crippen molar-refractivity contribution in [3.05, 3.63) is 60.2 Å². The van der Waals surface area contributed by atoms with Gasteiger partial charge in [-0.1, -0.05) is 53.8 Å². The molecule has 0 aliphatic heterocycles. The fraction of sp³-hybridized carbons (Fsp3) is 0.300. The minimum Gasteiger partial charge on any atom is -0.385 e. The van der Waals surface area contributed by atoms with E-state index in [4.69, 9.17) is 4.74 Å². The molecule has 5 nitrogen and oxygen atoms in total. The zero-order valence-electron chi connectivity index (χ0n) is 14.9. The van der Waals surface area contributed by atoms with E-state index in [-0.39, 0.29) is 6.03 Å². The first-order valence-electron chi connectivity index (χ1n) is 8.70. The summed E-state index contributed by atoms with van der Waals surface area (Å²) in [4.78, 5) is 19.1. The van der Waals surface area contributed by atoms with Gasteiger partial charge in [0, 0.05) is 26.8 Å². The molecule has 0 aliphatic rings. The molecular formula is C20H23N3O2S. The maximum absolute atomic E-state index is 12.8. The number of aromatic nitrogens is 1. The summed E-state index contributed by atoms with van der Waals surface area (Å²) in [5, 5.41) is 3.59. The summed E-state index contributed by atoms with van der Waals surface area (Å²) in [6, 6.07) is 17.8. The Morgan fingerprint density at radius 2 is 1.88 bits per heavy atom. The molecule has 0 aliphatic carbocycles. The molecule has 2 amide bonds. The zero-order chi connectivity index (χ0) is 18.2. The summed E-state index contributed by atoms with van der Waals surface area (Å²) >= 11 is 1.49. The highest BCUT2D eigenvalue weighted by atomic mass is 32.1. The normalized spacial score (nSPS) is 10.8. The Balaban J connectivity index is 1.68. The van der Waals surface area contributed by atoms with Gasteiger partial charge in [-0.05, 0) is 30.5 Å². The molecule has 1 aromatic heterocycles. The molecule has 1 N–H and O–H groups in total. The number of ether oxygens (including phenoxy) is 1. The number of carbonyl (C=O) groups is 1. The molecule has 3 aromatic rings. The van der Waals surface area contributed by atoms with E-state index in [0.717, 1.165) is 28.6 Å². The highest BCUT2D eigenvalue weighted by molar-refractivity contribution is 7.22. The summed E-state index contributed by atoms with van der Waals surface area (Å²) < 4.78 is 6.17. The third kappa shape index (κ3) is 5.03. The van der Waals surface area contributed by atoms with Crippen molar-refractivity contribution in [3.8, 4) is 0 Å². The van der Waals surface area contributed by atoms with Crippen LogP contribution in [-0.2, 0) is 11.3 Å². The van der Waals surface area contributed by atoms with Gasteiger partial charge in [0.2, 0.25) is 0 Å². The molecule has 0 saturated carbocycles. The largest absolute Gasteiger partial charge is 0.385 e. The summed E-state index contributed by atoms with van der Waals surface area (Å²) in [5.41, 5.74) is 2.01. The molecular weight excluding hydrogens is 346 g/mol. The number of urea groups is 1. The molecule has 0 atom stereocenters. The predicted molar refractivity (Wildman–Crippen MR) is 107 cm³/mol. The second-order valence-corrected chi connectivity index (χ2v) is 7.05. The lowest BCUT2D eigenvalue weighted by atomic mass is 10.2. The predicted octanol–water partition coefficient (Wildman–Crippen LogP) is 4.76. The zero-order valence-corrected chi connectivity index (χ0v) is 15.7. The number of hydrogen-bond acceptors (Lipinski definition) is 4. The topological polar surface area (TPSA) is 54.5 Å². The van der Waals surface area contributed by atoms with E-state index in [1.165, 1.54) is 11.3 Å².